The van der Waals surface area contributed by atoms with Gasteiger partial charge in [-0.15, -0.1) is 0 Å². The molecule has 5 nitrogen and oxygen atoms in total. The van der Waals surface area contributed by atoms with E-state index in [2.05, 4.69) is 15.3 Å². The minimum Gasteiger partial charge on any atom is -0.363 e. The van der Waals surface area contributed by atoms with Gasteiger partial charge in [0.05, 0.1) is 0 Å². The predicted molar refractivity (Wildman–Crippen MR) is 79.5 cm³/mol. The van der Waals surface area contributed by atoms with E-state index in [-0.39, 0.29) is 0 Å². The Balaban J connectivity index is 1.99. The number of hydrogen-bond acceptors (Lipinski definition) is 5. The lowest BCUT2D eigenvalue weighted by Crippen LogP contribution is -2.30. The van der Waals surface area contributed by atoms with Crippen LogP contribution >= 0.6 is 0 Å². The summed E-state index contributed by atoms with van der Waals surface area (Å²) in [5.74, 6) is 2.40. The van der Waals surface area contributed by atoms with Gasteiger partial charge >= 0.3 is 0 Å². The molecule has 1 aliphatic rings. The van der Waals surface area contributed by atoms with E-state index in [0.717, 1.165) is 36.8 Å². The van der Waals surface area contributed by atoms with Gasteiger partial charge in [0.1, 0.15) is 5.82 Å². The zero-order chi connectivity index (χ0) is 13.8. The van der Waals surface area contributed by atoms with Crippen molar-refractivity contribution in [3.8, 4) is 0 Å². The lowest BCUT2D eigenvalue weighted by molar-refractivity contribution is 0.344. The summed E-state index contributed by atoms with van der Waals surface area (Å²) in [6.07, 6.45) is 4.74. The maximum absolute atomic E-state index is 5.72. The largest absolute Gasteiger partial charge is 0.363 e. The summed E-state index contributed by atoms with van der Waals surface area (Å²) in [4.78, 5) is 11.0. The molecule has 5 heteroatoms. The van der Waals surface area contributed by atoms with Crippen LogP contribution in [0.2, 0.25) is 0 Å². The fourth-order valence-electron chi connectivity index (χ4n) is 2.57. The molecule has 1 aliphatic carbocycles. The molecule has 0 aromatic carbocycles. The van der Waals surface area contributed by atoms with Gasteiger partial charge in [0.25, 0.3) is 0 Å². The predicted octanol–water partition coefficient (Wildman–Crippen LogP) is 1.78. The molecule has 0 unspecified atom stereocenters. The van der Waals surface area contributed by atoms with Crippen LogP contribution in [0.3, 0.4) is 0 Å². The molecule has 1 saturated carbocycles. The minimum atomic E-state index is 0.486. The molecule has 3 N–H and O–H groups in total. The van der Waals surface area contributed by atoms with Crippen molar-refractivity contribution < 1.29 is 0 Å². The Kier molecular flexibility index (Phi) is 4.58. The molecular weight excluding hydrogens is 238 g/mol. The molecule has 0 atom stereocenters. The van der Waals surface area contributed by atoms with Crippen molar-refractivity contribution in [3.63, 3.8) is 0 Å². The van der Waals surface area contributed by atoms with E-state index < -0.39 is 0 Å². The van der Waals surface area contributed by atoms with Crippen LogP contribution in [0.5, 0.6) is 0 Å². The third kappa shape index (κ3) is 3.80. The van der Waals surface area contributed by atoms with E-state index in [1.807, 2.05) is 32.0 Å². The van der Waals surface area contributed by atoms with Crippen LogP contribution < -0.4 is 16.0 Å². The Morgan fingerprint density at radius 3 is 2.53 bits per heavy atom. The van der Waals surface area contributed by atoms with Crippen molar-refractivity contribution in [3.05, 3.63) is 11.8 Å². The fraction of sp³-hybridized carbons (Fsp3) is 0.714. The van der Waals surface area contributed by atoms with Crippen LogP contribution in [0, 0.1) is 12.8 Å². The molecule has 1 heterocycles. The summed E-state index contributed by atoms with van der Waals surface area (Å²) in [6.45, 7) is 2.82. The van der Waals surface area contributed by atoms with Gasteiger partial charge in [-0.25, -0.2) is 4.98 Å². The third-order valence-electron chi connectivity index (χ3n) is 3.81. The molecule has 1 aromatic heterocycles. The monoisotopic (exact) mass is 263 g/mol. The maximum atomic E-state index is 5.72. The molecule has 1 fully saturated rings. The molecular formula is C14H25N5. The summed E-state index contributed by atoms with van der Waals surface area (Å²) < 4.78 is 0. The molecule has 106 valence electrons. The van der Waals surface area contributed by atoms with Crippen molar-refractivity contribution >= 4 is 11.8 Å². The molecule has 0 radical (unpaired) electrons. The second kappa shape index (κ2) is 6.19. The molecule has 0 saturated heterocycles. The molecule has 1 aromatic rings. The molecule has 0 amide bonds. The first-order chi connectivity index (χ1) is 9.08. The summed E-state index contributed by atoms with van der Waals surface area (Å²) in [6, 6.07) is 2.48. The second-order valence-corrected chi connectivity index (χ2v) is 5.68. The van der Waals surface area contributed by atoms with Crippen LogP contribution in [0.1, 0.15) is 31.4 Å². The number of nitrogens with two attached hydrogens (primary N) is 1. The summed E-state index contributed by atoms with van der Waals surface area (Å²) in [5, 5.41) is 3.47. The fourth-order valence-corrected chi connectivity index (χ4v) is 2.57. The molecule has 19 heavy (non-hydrogen) atoms. The van der Waals surface area contributed by atoms with Gasteiger partial charge < -0.3 is 16.0 Å². The van der Waals surface area contributed by atoms with Gasteiger partial charge in [-0.3, -0.25) is 0 Å². The zero-order valence-corrected chi connectivity index (χ0v) is 12.2. The molecule has 0 bridgehead atoms. The van der Waals surface area contributed by atoms with E-state index in [4.69, 9.17) is 5.73 Å². The number of nitrogens with zero attached hydrogens (tertiary/aromatic N) is 3. The maximum Gasteiger partial charge on any atom is 0.225 e. The lowest BCUT2D eigenvalue weighted by Gasteiger charge is -2.28. The topological polar surface area (TPSA) is 67.1 Å². The van der Waals surface area contributed by atoms with E-state index >= 15 is 0 Å². The van der Waals surface area contributed by atoms with Crippen LogP contribution in [-0.4, -0.2) is 36.6 Å². The smallest absolute Gasteiger partial charge is 0.225 e. The number of rotatable bonds is 4. The lowest BCUT2D eigenvalue weighted by atomic mass is 9.86. The average molecular weight is 263 g/mol. The van der Waals surface area contributed by atoms with Gasteiger partial charge in [-0.05, 0) is 45.1 Å². The standard InChI is InChI=1S/C14H25N5/c1-10-8-13(19(2)3)18-14(16-10)17-12-6-4-11(9-15)5-7-12/h8,11-12H,4-7,9,15H2,1-3H3,(H,16,17,18). The highest BCUT2D eigenvalue weighted by atomic mass is 15.2. The van der Waals surface area contributed by atoms with Crippen molar-refractivity contribution in [1.82, 2.24) is 9.97 Å². The van der Waals surface area contributed by atoms with Crippen LogP contribution in [0.25, 0.3) is 0 Å². The van der Waals surface area contributed by atoms with Gasteiger partial charge in [-0.1, -0.05) is 0 Å². The summed E-state index contributed by atoms with van der Waals surface area (Å²) >= 11 is 0. The highest BCUT2D eigenvalue weighted by molar-refractivity contribution is 5.43. The highest BCUT2D eigenvalue weighted by Crippen LogP contribution is 2.25. The van der Waals surface area contributed by atoms with E-state index in [0.29, 0.717) is 12.0 Å². The van der Waals surface area contributed by atoms with Crippen molar-refractivity contribution in [1.29, 1.82) is 0 Å². The van der Waals surface area contributed by atoms with Gasteiger partial charge in [0.2, 0.25) is 5.95 Å². The third-order valence-corrected chi connectivity index (χ3v) is 3.81. The van der Waals surface area contributed by atoms with Gasteiger partial charge in [0.15, 0.2) is 0 Å². The summed E-state index contributed by atoms with van der Waals surface area (Å²) in [7, 11) is 4.00. The van der Waals surface area contributed by atoms with E-state index in [9.17, 15) is 0 Å². The van der Waals surface area contributed by atoms with Crippen LogP contribution in [-0.2, 0) is 0 Å². The van der Waals surface area contributed by atoms with E-state index in [1.54, 1.807) is 0 Å². The van der Waals surface area contributed by atoms with Gasteiger partial charge in [-0.2, -0.15) is 4.98 Å². The SMILES string of the molecule is Cc1cc(N(C)C)nc(NC2CCC(CN)CC2)n1. The highest BCUT2D eigenvalue weighted by Gasteiger charge is 2.20. The van der Waals surface area contributed by atoms with Crippen molar-refractivity contribution in [2.75, 3.05) is 30.9 Å². The second-order valence-electron chi connectivity index (χ2n) is 5.68. The molecule has 0 spiro atoms. The van der Waals surface area contributed by atoms with Crippen LogP contribution in [0.15, 0.2) is 6.07 Å². The minimum absolute atomic E-state index is 0.486. The van der Waals surface area contributed by atoms with Crippen molar-refractivity contribution in [2.45, 2.75) is 38.6 Å². The Bertz CT molecular complexity index is 410. The molecule has 2 rings (SSSR count). The Morgan fingerprint density at radius 2 is 1.95 bits per heavy atom. The zero-order valence-electron chi connectivity index (χ0n) is 12.2. The first kappa shape index (κ1) is 14.1. The number of aryl methyl sites for hydroxylation is 1. The first-order valence-electron chi connectivity index (χ1n) is 7.08. The Labute approximate surface area is 115 Å². The first-order valence-corrected chi connectivity index (χ1v) is 7.08. The van der Waals surface area contributed by atoms with Crippen LogP contribution in [0.4, 0.5) is 11.8 Å². The Morgan fingerprint density at radius 1 is 1.26 bits per heavy atom. The quantitative estimate of drug-likeness (QED) is 0.866. The number of hydrogen-bond donors (Lipinski definition) is 2. The normalized spacial score (nSPS) is 23.2. The van der Waals surface area contributed by atoms with Gasteiger partial charge in [0, 0.05) is 31.9 Å². The number of nitrogens with one attached hydrogen (secondary N) is 1. The molecule has 0 aliphatic heterocycles. The number of anilines is 2. The van der Waals surface area contributed by atoms with E-state index in [1.165, 1.54) is 12.8 Å². The average Bonchev–Trinajstić information content (AvgIpc) is 2.39. The van der Waals surface area contributed by atoms with Crippen molar-refractivity contribution in [2.24, 2.45) is 11.7 Å². The Hall–Kier alpha value is -1.36. The summed E-state index contributed by atoms with van der Waals surface area (Å²) in [5.41, 5.74) is 6.72. The number of aromatic nitrogens is 2.